The molecule has 0 aromatic heterocycles. The van der Waals surface area contributed by atoms with Gasteiger partial charge < -0.3 is 4.90 Å². The predicted octanol–water partition coefficient (Wildman–Crippen LogP) is 1.37. The van der Waals surface area contributed by atoms with Gasteiger partial charge in [-0.1, -0.05) is 17.7 Å². The molecular formula is C13H20N2O2S. The van der Waals surface area contributed by atoms with Crippen LogP contribution in [0.15, 0.2) is 29.2 Å². The van der Waals surface area contributed by atoms with E-state index in [9.17, 15) is 8.42 Å². The van der Waals surface area contributed by atoms with Crippen molar-refractivity contribution in [3.05, 3.63) is 29.8 Å². The molecule has 1 aliphatic heterocycles. The van der Waals surface area contributed by atoms with Crippen LogP contribution in [-0.2, 0) is 10.0 Å². The SMILES string of the molecule is Cc1ccc(S(=O)(=O)NC2CCN(C)CC2)cc1. The topological polar surface area (TPSA) is 49.4 Å². The number of nitrogens with zero attached hydrogens (tertiary/aromatic N) is 1. The summed E-state index contributed by atoms with van der Waals surface area (Å²) in [5.41, 5.74) is 1.06. The summed E-state index contributed by atoms with van der Waals surface area (Å²) in [5, 5.41) is 0. The van der Waals surface area contributed by atoms with Crippen molar-refractivity contribution in [3.8, 4) is 0 Å². The van der Waals surface area contributed by atoms with Gasteiger partial charge in [-0.3, -0.25) is 0 Å². The third-order valence-corrected chi connectivity index (χ3v) is 4.91. The molecule has 5 heteroatoms. The van der Waals surface area contributed by atoms with E-state index in [1.54, 1.807) is 12.1 Å². The molecule has 100 valence electrons. The van der Waals surface area contributed by atoms with Crippen molar-refractivity contribution in [2.75, 3.05) is 20.1 Å². The number of piperidine rings is 1. The minimum absolute atomic E-state index is 0.0625. The third-order valence-electron chi connectivity index (χ3n) is 3.37. The Morgan fingerprint density at radius 1 is 1.17 bits per heavy atom. The highest BCUT2D eigenvalue weighted by Crippen LogP contribution is 2.14. The van der Waals surface area contributed by atoms with Crippen molar-refractivity contribution in [3.63, 3.8) is 0 Å². The van der Waals surface area contributed by atoms with Gasteiger partial charge in [0, 0.05) is 6.04 Å². The van der Waals surface area contributed by atoms with Crippen molar-refractivity contribution in [1.82, 2.24) is 9.62 Å². The van der Waals surface area contributed by atoms with Crippen LogP contribution < -0.4 is 4.72 Å². The maximum absolute atomic E-state index is 12.2. The normalized spacial score (nSPS) is 19.0. The fourth-order valence-corrected chi connectivity index (χ4v) is 3.44. The molecule has 1 N–H and O–H groups in total. The quantitative estimate of drug-likeness (QED) is 0.900. The van der Waals surface area contributed by atoms with E-state index in [4.69, 9.17) is 0 Å². The van der Waals surface area contributed by atoms with Crippen LogP contribution in [0.1, 0.15) is 18.4 Å². The average Bonchev–Trinajstić information content (AvgIpc) is 2.32. The Morgan fingerprint density at radius 2 is 1.72 bits per heavy atom. The number of benzene rings is 1. The summed E-state index contributed by atoms with van der Waals surface area (Å²) in [7, 11) is -1.30. The van der Waals surface area contributed by atoms with E-state index in [0.717, 1.165) is 31.5 Å². The van der Waals surface area contributed by atoms with E-state index < -0.39 is 10.0 Å². The zero-order valence-electron chi connectivity index (χ0n) is 10.9. The van der Waals surface area contributed by atoms with Crippen LogP contribution in [0.5, 0.6) is 0 Å². The minimum atomic E-state index is -3.36. The second kappa shape index (κ2) is 5.38. The maximum Gasteiger partial charge on any atom is 0.240 e. The standard InChI is InChI=1S/C13H20N2O2S/c1-11-3-5-13(6-4-11)18(16,17)14-12-7-9-15(2)10-8-12/h3-6,12,14H,7-10H2,1-2H3. The summed E-state index contributed by atoms with van der Waals surface area (Å²) in [5.74, 6) is 0. The molecule has 0 bridgehead atoms. The van der Waals surface area contributed by atoms with E-state index in [0.29, 0.717) is 4.90 Å². The highest BCUT2D eigenvalue weighted by molar-refractivity contribution is 7.89. The Bertz CT molecular complexity index is 488. The first kappa shape index (κ1) is 13.5. The number of likely N-dealkylation sites (tertiary alicyclic amines) is 1. The number of sulfonamides is 1. The largest absolute Gasteiger partial charge is 0.306 e. The second-order valence-electron chi connectivity index (χ2n) is 5.01. The van der Waals surface area contributed by atoms with Crippen molar-refractivity contribution in [2.45, 2.75) is 30.7 Å². The van der Waals surface area contributed by atoms with Gasteiger partial charge >= 0.3 is 0 Å². The number of hydrogen-bond acceptors (Lipinski definition) is 3. The lowest BCUT2D eigenvalue weighted by atomic mass is 10.1. The summed E-state index contributed by atoms with van der Waals surface area (Å²) in [6.07, 6.45) is 1.75. The Balaban J connectivity index is 2.05. The van der Waals surface area contributed by atoms with Gasteiger partial charge in [-0.05, 0) is 52.0 Å². The molecule has 4 nitrogen and oxygen atoms in total. The van der Waals surface area contributed by atoms with Crippen LogP contribution in [0, 0.1) is 6.92 Å². The molecule has 1 heterocycles. The fraction of sp³-hybridized carbons (Fsp3) is 0.538. The summed E-state index contributed by atoms with van der Waals surface area (Å²) >= 11 is 0. The Hall–Kier alpha value is -0.910. The number of hydrogen-bond donors (Lipinski definition) is 1. The first-order valence-electron chi connectivity index (χ1n) is 6.25. The van der Waals surface area contributed by atoms with Crippen LogP contribution in [0.3, 0.4) is 0 Å². The van der Waals surface area contributed by atoms with Crippen molar-refractivity contribution in [2.24, 2.45) is 0 Å². The molecule has 1 aromatic rings. The average molecular weight is 268 g/mol. The molecule has 0 radical (unpaired) electrons. The first-order valence-corrected chi connectivity index (χ1v) is 7.73. The van der Waals surface area contributed by atoms with Gasteiger partial charge in [0.25, 0.3) is 0 Å². The zero-order valence-corrected chi connectivity index (χ0v) is 11.7. The van der Waals surface area contributed by atoms with Gasteiger partial charge in [0.2, 0.25) is 10.0 Å². The smallest absolute Gasteiger partial charge is 0.240 e. The van der Waals surface area contributed by atoms with Gasteiger partial charge in [0.15, 0.2) is 0 Å². The molecule has 0 saturated carbocycles. The Kier molecular flexibility index (Phi) is 4.04. The molecule has 1 saturated heterocycles. The number of nitrogens with one attached hydrogen (secondary N) is 1. The Morgan fingerprint density at radius 3 is 2.28 bits per heavy atom. The van der Waals surface area contributed by atoms with Gasteiger partial charge in [-0.15, -0.1) is 0 Å². The molecule has 0 aliphatic carbocycles. The highest BCUT2D eigenvalue weighted by atomic mass is 32.2. The lowest BCUT2D eigenvalue weighted by Crippen LogP contribution is -2.43. The van der Waals surface area contributed by atoms with E-state index in [2.05, 4.69) is 16.7 Å². The van der Waals surface area contributed by atoms with Crippen molar-refractivity contribution >= 4 is 10.0 Å². The van der Waals surface area contributed by atoms with E-state index in [-0.39, 0.29) is 6.04 Å². The zero-order chi connectivity index (χ0) is 13.2. The molecule has 1 aromatic carbocycles. The van der Waals surface area contributed by atoms with Crippen molar-refractivity contribution < 1.29 is 8.42 Å². The van der Waals surface area contributed by atoms with E-state index in [1.165, 1.54) is 0 Å². The lowest BCUT2D eigenvalue weighted by Gasteiger charge is -2.29. The number of aryl methyl sites for hydroxylation is 1. The van der Waals surface area contributed by atoms with Crippen LogP contribution >= 0.6 is 0 Å². The summed E-state index contributed by atoms with van der Waals surface area (Å²) < 4.78 is 27.1. The lowest BCUT2D eigenvalue weighted by molar-refractivity contribution is 0.248. The van der Waals surface area contributed by atoms with Crippen molar-refractivity contribution in [1.29, 1.82) is 0 Å². The summed E-state index contributed by atoms with van der Waals surface area (Å²) in [6, 6.07) is 7.03. The minimum Gasteiger partial charge on any atom is -0.306 e. The number of rotatable bonds is 3. The van der Waals surface area contributed by atoms with Gasteiger partial charge in [0.05, 0.1) is 4.90 Å². The van der Waals surface area contributed by atoms with Gasteiger partial charge in [-0.25, -0.2) is 13.1 Å². The van der Waals surface area contributed by atoms with Gasteiger partial charge in [-0.2, -0.15) is 0 Å². The molecule has 1 aliphatic rings. The third kappa shape index (κ3) is 3.31. The summed E-state index contributed by atoms with van der Waals surface area (Å²) in [4.78, 5) is 2.57. The molecular weight excluding hydrogens is 248 g/mol. The molecule has 0 spiro atoms. The molecule has 18 heavy (non-hydrogen) atoms. The Labute approximate surface area is 109 Å². The van der Waals surface area contributed by atoms with E-state index >= 15 is 0 Å². The fourth-order valence-electron chi connectivity index (χ4n) is 2.13. The predicted molar refractivity (Wildman–Crippen MR) is 72.0 cm³/mol. The highest BCUT2D eigenvalue weighted by Gasteiger charge is 2.23. The maximum atomic E-state index is 12.2. The van der Waals surface area contributed by atoms with Crippen LogP contribution in [0.25, 0.3) is 0 Å². The molecule has 1 fully saturated rings. The first-order chi connectivity index (χ1) is 8.47. The monoisotopic (exact) mass is 268 g/mol. The van der Waals surface area contributed by atoms with Gasteiger partial charge in [0.1, 0.15) is 0 Å². The molecule has 0 unspecified atom stereocenters. The molecule has 0 amide bonds. The van der Waals surface area contributed by atoms with Crippen LogP contribution in [0.2, 0.25) is 0 Å². The molecule has 0 atom stereocenters. The van der Waals surface area contributed by atoms with Crippen LogP contribution in [0.4, 0.5) is 0 Å². The second-order valence-corrected chi connectivity index (χ2v) is 6.73. The summed E-state index contributed by atoms with van der Waals surface area (Å²) in [6.45, 7) is 3.84. The van der Waals surface area contributed by atoms with Crippen LogP contribution in [-0.4, -0.2) is 39.5 Å². The molecule has 2 rings (SSSR count). The van der Waals surface area contributed by atoms with E-state index in [1.807, 2.05) is 19.1 Å².